The maximum atomic E-state index is 12.2. The van der Waals surface area contributed by atoms with Crippen LogP contribution in [0.15, 0.2) is 60.7 Å². The molecule has 0 aliphatic carbocycles. The molecule has 0 aliphatic heterocycles. The second kappa shape index (κ2) is 9.01. The van der Waals surface area contributed by atoms with Crippen molar-refractivity contribution in [2.45, 2.75) is 13.8 Å². The van der Waals surface area contributed by atoms with E-state index >= 15 is 0 Å². The minimum atomic E-state index is -0.592. The molecule has 0 spiro atoms. The van der Waals surface area contributed by atoms with E-state index in [-0.39, 0.29) is 12.5 Å². The predicted octanol–water partition coefficient (Wildman–Crippen LogP) is 3.37. The van der Waals surface area contributed by atoms with E-state index in [0.29, 0.717) is 5.56 Å². The van der Waals surface area contributed by atoms with Gasteiger partial charge in [-0.05, 0) is 47.9 Å². The van der Waals surface area contributed by atoms with Gasteiger partial charge in [0.15, 0.2) is 6.61 Å². The lowest BCUT2D eigenvalue weighted by Gasteiger charge is -2.12. The first-order valence-corrected chi connectivity index (χ1v) is 9.23. The fraction of sp³-hybridized carbons (Fsp3) is 0.174. The van der Waals surface area contributed by atoms with Crippen molar-refractivity contribution in [2.75, 3.05) is 18.5 Å². The molecule has 2 N–H and O–H groups in total. The Balaban J connectivity index is 1.47. The Bertz CT molecular complexity index is 1060. The number of rotatable bonds is 6. The van der Waals surface area contributed by atoms with Gasteiger partial charge in [-0.15, -0.1) is 0 Å². The SMILES string of the molecule is Cc1cccc(C)c1NC(=O)CNC(=O)COC(=O)c1ccc2ccccc2c1. The number of amides is 2. The molecule has 0 saturated heterocycles. The quantitative estimate of drug-likeness (QED) is 0.632. The van der Waals surface area contributed by atoms with Gasteiger partial charge in [-0.3, -0.25) is 9.59 Å². The lowest BCUT2D eigenvalue weighted by atomic mass is 10.1. The van der Waals surface area contributed by atoms with Crippen molar-refractivity contribution in [2.24, 2.45) is 0 Å². The number of anilines is 1. The molecule has 3 aromatic carbocycles. The molecule has 0 fully saturated rings. The summed E-state index contributed by atoms with van der Waals surface area (Å²) >= 11 is 0. The van der Waals surface area contributed by atoms with Crippen LogP contribution < -0.4 is 10.6 Å². The van der Waals surface area contributed by atoms with Crippen LogP contribution in [-0.4, -0.2) is 30.9 Å². The molecule has 0 radical (unpaired) electrons. The zero-order chi connectivity index (χ0) is 20.8. The standard InChI is InChI=1S/C23H22N2O4/c1-15-6-5-7-16(2)22(15)25-20(26)13-24-21(27)14-29-23(28)19-11-10-17-8-3-4-9-18(17)12-19/h3-12H,13-14H2,1-2H3,(H,24,27)(H,25,26). The van der Waals surface area contributed by atoms with E-state index < -0.39 is 18.5 Å². The van der Waals surface area contributed by atoms with Gasteiger partial charge < -0.3 is 15.4 Å². The number of nitrogens with one attached hydrogen (secondary N) is 2. The average molecular weight is 390 g/mol. The van der Waals surface area contributed by atoms with Gasteiger partial charge >= 0.3 is 5.97 Å². The lowest BCUT2D eigenvalue weighted by molar-refractivity contribution is -0.126. The number of aryl methyl sites for hydroxylation is 2. The molecule has 0 aliphatic rings. The fourth-order valence-electron chi connectivity index (χ4n) is 2.96. The topological polar surface area (TPSA) is 84.5 Å². The second-order valence-electron chi connectivity index (χ2n) is 6.73. The molecule has 6 heteroatoms. The largest absolute Gasteiger partial charge is 0.452 e. The van der Waals surface area contributed by atoms with Crippen LogP contribution in [0.5, 0.6) is 0 Å². The zero-order valence-corrected chi connectivity index (χ0v) is 16.3. The van der Waals surface area contributed by atoms with Crippen LogP contribution >= 0.6 is 0 Å². The van der Waals surface area contributed by atoms with Gasteiger partial charge in [0, 0.05) is 5.69 Å². The fourth-order valence-corrected chi connectivity index (χ4v) is 2.96. The maximum Gasteiger partial charge on any atom is 0.338 e. The van der Waals surface area contributed by atoms with Gasteiger partial charge in [-0.1, -0.05) is 48.5 Å². The lowest BCUT2D eigenvalue weighted by Crippen LogP contribution is -2.35. The predicted molar refractivity (Wildman–Crippen MR) is 112 cm³/mol. The molecule has 3 aromatic rings. The van der Waals surface area contributed by atoms with Crippen LogP contribution in [0.1, 0.15) is 21.5 Å². The summed E-state index contributed by atoms with van der Waals surface area (Å²) in [6.07, 6.45) is 0. The summed E-state index contributed by atoms with van der Waals surface area (Å²) in [6.45, 7) is 3.13. The number of carbonyl (C=O) groups is 3. The van der Waals surface area contributed by atoms with Gasteiger partial charge in [0.25, 0.3) is 5.91 Å². The second-order valence-corrected chi connectivity index (χ2v) is 6.73. The molecule has 0 atom stereocenters. The van der Waals surface area contributed by atoms with Crippen molar-refractivity contribution in [3.8, 4) is 0 Å². The van der Waals surface area contributed by atoms with Crippen LogP contribution in [0, 0.1) is 13.8 Å². The maximum absolute atomic E-state index is 12.2. The van der Waals surface area contributed by atoms with Gasteiger partial charge in [0.1, 0.15) is 0 Å². The molecule has 0 heterocycles. The number of hydrogen-bond donors (Lipinski definition) is 2. The number of ether oxygens (including phenoxy) is 1. The van der Waals surface area contributed by atoms with E-state index in [1.807, 2.05) is 62.4 Å². The van der Waals surface area contributed by atoms with E-state index in [2.05, 4.69) is 10.6 Å². The van der Waals surface area contributed by atoms with Crippen LogP contribution in [0.2, 0.25) is 0 Å². The van der Waals surface area contributed by atoms with Crippen molar-refractivity contribution in [3.63, 3.8) is 0 Å². The molecule has 0 bridgehead atoms. The average Bonchev–Trinajstić information content (AvgIpc) is 2.72. The number of carbonyl (C=O) groups excluding carboxylic acids is 3. The third-order valence-corrected chi connectivity index (χ3v) is 4.51. The first-order chi connectivity index (χ1) is 13.9. The summed E-state index contributed by atoms with van der Waals surface area (Å²) in [4.78, 5) is 36.2. The molecule has 29 heavy (non-hydrogen) atoms. The van der Waals surface area contributed by atoms with E-state index in [4.69, 9.17) is 4.74 Å². The van der Waals surface area contributed by atoms with Crippen LogP contribution in [0.4, 0.5) is 5.69 Å². The molecule has 6 nitrogen and oxygen atoms in total. The Morgan fingerprint density at radius 3 is 2.24 bits per heavy atom. The first-order valence-electron chi connectivity index (χ1n) is 9.23. The van der Waals surface area contributed by atoms with Crippen molar-refractivity contribution >= 4 is 34.2 Å². The number of hydrogen-bond acceptors (Lipinski definition) is 4. The molecule has 0 unspecified atom stereocenters. The Labute approximate surface area is 168 Å². The van der Waals surface area contributed by atoms with Crippen LogP contribution in [0.3, 0.4) is 0 Å². The number of para-hydroxylation sites is 1. The highest BCUT2D eigenvalue weighted by Crippen LogP contribution is 2.19. The summed E-state index contributed by atoms with van der Waals surface area (Å²) in [7, 11) is 0. The number of esters is 1. The minimum absolute atomic E-state index is 0.208. The third-order valence-electron chi connectivity index (χ3n) is 4.51. The molecule has 0 saturated carbocycles. The first kappa shape index (κ1) is 20.1. The Kier molecular flexibility index (Phi) is 6.24. The Morgan fingerprint density at radius 2 is 1.52 bits per heavy atom. The molecule has 3 rings (SSSR count). The van der Waals surface area contributed by atoms with Gasteiger partial charge in [0.2, 0.25) is 5.91 Å². The summed E-state index contributed by atoms with van der Waals surface area (Å²) < 4.78 is 5.04. The molecule has 148 valence electrons. The van der Waals surface area contributed by atoms with Crippen molar-refractivity contribution in [1.29, 1.82) is 0 Å². The Hall–Kier alpha value is -3.67. The van der Waals surface area contributed by atoms with E-state index in [1.165, 1.54) is 0 Å². The highest BCUT2D eigenvalue weighted by molar-refractivity contribution is 5.98. The summed E-state index contributed by atoms with van der Waals surface area (Å²) in [5.74, 6) is -1.49. The van der Waals surface area contributed by atoms with Crippen molar-refractivity contribution < 1.29 is 19.1 Å². The van der Waals surface area contributed by atoms with Gasteiger partial charge in [0.05, 0.1) is 12.1 Å². The highest BCUT2D eigenvalue weighted by atomic mass is 16.5. The Morgan fingerprint density at radius 1 is 0.828 bits per heavy atom. The number of benzene rings is 3. The normalized spacial score (nSPS) is 10.4. The minimum Gasteiger partial charge on any atom is -0.452 e. The summed E-state index contributed by atoms with van der Waals surface area (Å²) in [5, 5.41) is 7.15. The molecule has 0 aromatic heterocycles. The van der Waals surface area contributed by atoms with Gasteiger partial charge in [-0.2, -0.15) is 0 Å². The van der Waals surface area contributed by atoms with Crippen LogP contribution in [-0.2, 0) is 14.3 Å². The monoisotopic (exact) mass is 390 g/mol. The molecule has 2 amide bonds. The van der Waals surface area contributed by atoms with Crippen molar-refractivity contribution in [3.05, 3.63) is 77.4 Å². The van der Waals surface area contributed by atoms with E-state index in [1.54, 1.807) is 12.1 Å². The van der Waals surface area contributed by atoms with Crippen molar-refractivity contribution in [1.82, 2.24) is 5.32 Å². The molecular weight excluding hydrogens is 368 g/mol. The third kappa shape index (κ3) is 5.19. The summed E-state index contributed by atoms with van der Waals surface area (Å²) in [5.41, 5.74) is 2.97. The van der Waals surface area contributed by atoms with Crippen LogP contribution in [0.25, 0.3) is 10.8 Å². The summed E-state index contributed by atoms with van der Waals surface area (Å²) in [6, 6.07) is 18.5. The zero-order valence-electron chi connectivity index (χ0n) is 16.3. The van der Waals surface area contributed by atoms with E-state index in [0.717, 1.165) is 27.6 Å². The highest BCUT2D eigenvalue weighted by Gasteiger charge is 2.12. The number of fused-ring (bicyclic) bond motifs is 1. The molecular formula is C23H22N2O4. The smallest absolute Gasteiger partial charge is 0.338 e. The van der Waals surface area contributed by atoms with Gasteiger partial charge in [-0.25, -0.2) is 4.79 Å². The van der Waals surface area contributed by atoms with E-state index in [9.17, 15) is 14.4 Å².